The highest BCUT2D eigenvalue weighted by Gasteiger charge is 2.34. The third-order valence-electron chi connectivity index (χ3n) is 6.13. The maximum absolute atomic E-state index is 12.7. The monoisotopic (exact) mass is 417 g/mol. The molecule has 0 unspecified atom stereocenters. The number of hydrogen-bond donors (Lipinski definition) is 0. The molecule has 2 aromatic rings. The largest absolute Gasteiger partial charge is 0.346 e. The second-order valence-electron chi connectivity index (χ2n) is 8.03. The molecule has 0 spiro atoms. The zero-order valence-corrected chi connectivity index (χ0v) is 17.5. The van der Waals surface area contributed by atoms with Crippen LogP contribution in [0.3, 0.4) is 0 Å². The lowest BCUT2D eigenvalue weighted by Crippen LogP contribution is -2.52. The van der Waals surface area contributed by atoms with E-state index in [2.05, 4.69) is 4.90 Å². The highest BCUT2D eigenvalue weighted by molar-refractivity contribution is 7.91. The molecule has 0 radical (unpaired) electrons. The minimum Gasteiger partial charge on any atom is -0.346 e. The van der Waals surface area contributed by atoms with Crippen molar-refractivity contribution < 1.29 is 18.0 Å². The van der Waals surface area contributed by atoms with Gasteiger partial charge in [-0.25, -0.2) is 8.42 Å². The van der Waals surface area contributed by atoms with Crippen LogP contribution in [0.15, 0.2) is 30.5 Å². The van der Waals surface area contributed by atoms with Gasteiger partial charge < -0.3 is 9.47 Å². The standard InChI is InChI=1S/C21H27N3O4S/c1-16(25)19-14-24(20-5-3-2-4-18(19)20)8-6-21(26)23-11-9-22(10-12-23)17-7-13-29(27,28)15-17/h2-5,14,17H,6-13,15H2,1H3/t17-/m1/s1. The summed E-state index contributed by atoms with van der Waals surface area (Å²) < 4.78 is 25.4. The van der Waals surface area contributed by atoms with E-state index in [1.54, 1.807) is 6.92 Å². The number of aromatic nitrogens is 1. The lowest BCUT2D eigenvalue weighted by Gasteiger charge is -2.37. The van der Waals surface area contributed by atoms with Crippen LogP contribution in [0.5, 0.6) is 0 Å². The number of ketones is 1. The number of carbonyl (C=O) groups is 2. The molecule has 2 aliphatic heterocycles. The van der Waals surface area contributed by atoms with E-state index in [-0.39, 0.29) is 29.2 Å². The van der Waals surface area contributed by atoms with E-state index >= 15 is 0 Å². The van der Waals surface area contributed by atoms with Crippen LogP contribution in [0.2, 0.25) is 0 Å². The molecule has 2 fully saturated rings. The van der Waals surface area contributed by atoms with Gasteiger partial charge >= 0.3 is 0 Å². The first kappa shape index (κ1) is 20.1. The molecule has 0 aliphatic carbocycles. The summed E-state index contributed by atoms with van der Waals surface area (Å²) in [5.41, 5.74) is 1.66. The average molecular weight is 418 g/mol. The molecule has 3 heterocycles. The topological polar surface area (TPSA) is 79.7 Å². The van der Waals surface area contributed by atoms with Gasteiger partial charge in [0.15, 0.2) is 15.6 Å². The first-order valence-electron chi connectivity index (χ1n) is 10.1. The van der Waals surface area contributed by atoms with Gasteiger partial charge in [-0.1, -0.05) is 18.2 Å². The molecule has 1 amide bonds. The zero-order chi connectivity index (χ0) is 20.6. The number of Topliss-reactive ketones (excluding diaryl/α,β-unsaturated/α-hetero) is 1. The van der Waals surface area contributed by atoms with Gasteiger partial charge in [0.1, 0.15) is 0 Å². The minimum absolute atomic E-state index is 0.0244. The van der Waals surface area contributed by atoms with Crippen LogP contribution in [-0.2, 0) is 21.2 Å². The highest BCUT2D eigenvalue weighted by atomic mass is 32.2. The molecule has 29 heavy (non-hydrogen) atoms. The van der Waals surface area contributed by atoms with Crippen molar-refractivity contribution in [2.75, 3.05) is 37.7 Å². The molecule has 156 valence electrons. The van der Waals surface area contributed by atoms with E-state index in [0.29, 0.717) is 38.0 Å². The highest BCUT2D eigenvalue weighted by Crippen LogP contribution is 2.23. The second kappa shape index (κ2) is 7.91. The molecule has 1 aromatic heterocycles. The third kappa shape index (κ3) is 4.23. The number of amides is 1. The SMILES string of the molecule is CC(=O)c1cn(CCC(=O)N2CCN([C@@H]3CCS(=O)(=O)C3)CC2)c2ccccc12. The fourth-order valence-electron chi connectivity index (χ4n) is 4.49. The Morgan fingerprint density at radius 3 is 2.48 bits per heavy atom. The Bertz CT molecular complexity index is 1040. The first-order chi connectivity index (χ1) is 13.8. The van der Waals surface area contributed by atoms with Crippen LogP contribution >= 0.6 is 0 Å². The maximum atomic E-state index is 12.7. The van der Waals surface area contributed by atoms with Crippen LogP contribution in [0.1, 0.15) is 30.1 Å². The van der Waals surface area contributed by atoms with Crippen molar-refractivity contribution in [2.45, 2.75) is 32.4 Å². The lowest BCUT2D eigenvalue weighted by molar-refractivity contribution is -0.133. The molecule has 0 saturated carbocycles. The second-order valence-corrected chi connectivity index (χ2v) is 10.3. The molecule has 0 bridgehead atoms. The van der Waals surface area contributed by atoms with E-state index in [1.165, 1.54) is 0 Å². The number of hydrogen-bond acceptors (Lipinski definition) is 5. The van der Waals surface area contributed by atoms with E-state index in [9.17, 15) is 18.0 Å². The molecule has 1 aromatic carbocycles. The van der Waals surface area contributed by atoms with Crippen LogP contribution < -0.4 is 0 Å². The Labute approximate surface area is 171 Å². The van der Waals surface area contributed by atoms with Crippen molar-refractivity contribution in [3.8, 4) is 0 Å². The van der Waals surface area contributed by atoms with Gasteiger partial charge in [-0.2, -0.15) is 0 Å². The van der Waals surface area contributed by atoms with Crippen LogP contribution in [0, 0.1) is 0 Å². The smallest absolute Gasteiger partial charge is 0.224 e. The number of sulfone groups is 1. The van der Waals surface area contributed by atoms with Gasteiger partial charge in [0, 0.05) is 67.8 Å². The minimum atomic E-state index is -2.89. The van der Waals surface area contributed by atoms with Gasteiger partial charge in [-0.3, -0.25) is 14.5 Å². The fourth-order valence-corrected chi connectivity index (χ4v) is 6.25. The summed E-state index contributed by atoms with van der Waals surface area (Å²) >= 11 is 0. The summed E-state index contributed by atoms with van der Waals surface area (Å²) in [4.78, 5) is 28.7. The number of fused-ring (bicyclic) bond motifs is 1. The summed E-state index contributed by atoms with van der Waals surface area (Å²) in [6, 6.07) is 7.87. The van der Waals surface area contributed by atoms with Crippen molar-refractivity contribution in [3.63, 3.8) is 0 Å². The van der Waals surface area contributed by atoms with Crippen LogP contribution in [0.25, 0.3) is 10.9 Å². The van der Waals surface area contributed by atoms with Gasteiger partial charge in [0.25, 0.3) is 0 Å². The van der Waals surface area contributed by atoms with E-state index in [1.807, 2.05) is 39.9 Å². The summed E-state index contributed by atoms with van der Waals surface area (Å²) in [5.74, 6) is 0.659. The van der Waals surface area contributed by atoms with E-state index in [0.717, 1.165) is 24.0 Å². The number of para-hydroxylation sites is 1. The average Bonchev–Trinajstić information content (AvgIpc) is 3.26. The number of benzene rings is 1. The lowest BCUT2D eigenvalue weighted by atomic mass is 10.1. The first-order valence-corrected chi connectivity index (χ1v) is 12.0. The zero-order valence-electron chi connectivity index (χ0n) is 16.7. The van der Waals surface area contributed by atoms with Crippen molar-refractivity contribution in [2.24, 2.45) is 0 Å². The number of nitrogens with zero attached hydrogens (tertiary/aromatic N) is 3. The Kier molecular flexibility index (Phi) is 5.48. The number of aryl methyl sites for hydroxylation is 1. The third-order valence-corrected chi connectivity index (χ3v) is 7.88. The summed E-state index contributed by atoms with van der Waals surface area (Å²) in [5, 5.41) is 0.924. The Hall–Kier alpha value is -2.19. The molecule has 4 rings (SSSR count). The van der Waals surface area contributed by atoms with Gasteiger partial charge in [-0.15, -0.1) is 0 Å². The summed E-state index contributed by atoms with van der Waals surface area (Å²) in [6.07, 6.45) is 2.93. The molecule has 2 saturated heterocycles. The number of carbonyl (C=O) groups excluding carboxylic acids is 2. The number of piperazine rings is 1. The predicted octanol–water partition coefficient (Wildman–Crippen LogP) is 1.57. The normalized spacial score (nSPS) is 22.2. The molecule has 8 heteroatoms. The fraction of sp³-hybridized carbons (Fsp3) is 0.524. The molecule has 0 N–H and O–H groups in total. The quantitative estimate of drug-likeness (QED) is 0.690. The maximum Gasteiger partial charge on any atom is 0.224 e. The summed E-state index contributed by atoms with van der Waals surface area (Å²) in [7, 11) is -2.89. The van der Waals surface area contributed by atoms with Crippen LogP contribution in [0.4, 0.5) is 0 Å². The van der Waals surface area contributed by atoms with Crippen molar-refractivity contribution in [1.82, 2.24) is 14.4 Å². The molecular formula is C21H27N3O4S. The van der Waals surface area contributed by atoms with E-state index < -0.39 is 9.84 Å². The van der Waals surface area contributed by atoms with Crippen molar-refractivity contribution >= 4 is 32.4 Å². The molecule has 2 aliphatic rings. The van der Waals surface area contributed by atoms with Gasteiger partial charge in [0.05, 0.1) is 11.5 Å². The Morgan fingerprint density at radius 1 is 1.10 bits per heavy atom. The van der Waals surface area contributed by atoms with Crippen molar-refractivity contribution in [3.05, 3.63) is 36.0 Å². The van der Waals surface area contributed by atoms with Crippen molar-refractivity contribution in [1.29, 1.82) is 0 Å². The van der Waals surface area contributed by atoms with Gasteiger partial charge in [0.2, 0.25) is 5.91 Å². The molecule has 1 atom stereocenters. The molecule has 7 nitrogen and oxygen atoms in total. The predicted molar refractivity (Wildman–Crippen MR) is 112 cm³/mol. The van der Waals surface area contributed by atoms with Crippen LogP contribution in [-0.4, -0.2) is 78.2 Å². The Balaban J connectivity index is 1.34. The Morgan fingerprint density at radius 2 is 1.83 bits per heavy atom. The van der Waals surface area contributed by atoms with Gasteiger partial charge in [-0.05, 0) is 19.4 Å². The number of rotatable bonds is 5. The molecular weight excluding hydrogens is 390 g/mol. The van der Waals surface area contributed by atoms with E-state index in [4.69, 9.17) is 0 Å². The summed E-state index contributed by atoms with van der Waals surface area (Å²) in [6.45, 7) is 4.83.